The van der Waals surface area contributed by atoms with E-state index in [-0.39, 0.29) is 11.8 Å². The molecule has 0 spiro atoms. The van der Waals surface area contributed by atoms with E-state index in [1.165, 1.54) is 41.0 Å². The Kier molecular flexibility index (Phi) is 4.06. The number of amides is 2. The number of aromatic amines is 1. The molecule has 2 heterocycles. The highest BCUT2D eigenvalue weighted by Gasteiger charge is 2.17. The number of hydrogen-bond donors (Lipinski definition) is 3. The molecule has 110 valence electrons. The van der Waals surface area contributed by atoms with Crippen LogP contribution in [0.5, 0.6) is 0 Å². The van der Waals surface area contributed by atoms with Crippen molar-refractivity contribution in [3.63, 3.8) is 0 Å². The molecule has 3 N–H and O–H groups in total. The molecule has 0 saturated carbocycles. The van der Waals surface area contributed by atoms with Crippen LogP contribution in [0, 0.1) is 0 Å². The van der Waals surface area contributed by atoms with Crippen molar-refractivity contribution in [2.75, 3.05) is 0 Å². The predicted molar refractivity (Wildman–Crippen MR) is 81.3 cm³/mol. The molecule has 0 atom stereocenters. The zero-order valence-electron chi connectivity index (χ0n) is 11.6. The average molecular weight is 303 g/mol. The second-order valence-corrected chi connectivity index (χ2v) is 6.25. The molecule has 0 aliphatic heterocycles. The summed E-state index contributed by atoms with van der Waals surface area (Å²) >= 11 is 1.53. The molecule has 1 aliphatic carbocycles. The molecule has 0 saturated heterocycles. The number of carbonyl (C=O) groups excluding carboxylic acids is 2. The van der Waals surface area contributed by atoms with E-state index >= 15 is 0 Å². The van der Waals surface area contributed by atoms with Crippen LogP contribution in [0.15, 0.2) is 24.4 Å². The molecule has 0 bridgehead atoms. The van der Waals surface area contributed by atoms with Gasteiger partial charge < -0.3 is 4.98 Å². The number of nitrogens with one attached hydrogen (secondary N) is 3. The number of carbonyl (C=O) groups is 2. The Labute approximate surface area is 126 Å². The molecule has 5 nitrogen and oxygen atoms in total. The van der Waals surface area contributed by atoms with Crippen molar-refractivity contribution in [1.82, 2.24) is 15.8 Å². The molecule has 2 amide bonds. The number of thiophene rings is 1. The van der Waals surface area contributed by atoms with Gasteiger partial charge in [0, 0.05) is 11.1 Å². The van der Waals surface area contributed by atoms with Crippen molar-refractivity contribution in [2.24, 2.45) is 0 Å². The van der Waals surface area contributed by atoms with Crippen LogP contribution in [0.2, 0.25) is 0 Å². The van der Waals surface area contributed by atoms with Crippen LogP contribution in [0.4, 0.5) is 0 Å². The average Bonchev–Trinajstić information content (AvgIpc) is 3.11. The van der Waals surface area contributed by atoms with Gasteiger partial charge in [-0.3, -0.25) is 20.4 Å². The fourth-order valence-corrected chi connectivity index (χ4v) is 3.64. The Hall–Kier alpha value is -2.08. The van der Waals surface area contributed by atoms with E-state index in [1.807, 2.05) is 6.07 Å². The zero-order valence-corrected chi connectivity index (χ0v) is 12.4. The van der Waals surface area contributed by atoms with Gasteiger partial charge in [-0.1, -0.05) is 6.42 Å². The number of aromatic nitrogens is 1. The fraction of sp³-hybridized carbons (Fsp3) is 0.333. The van der Waals surface area contributed by atoms with Crippen LogP contribution in [0.3, 0.4) is 0 Å². The third-order valence-electron chi connectivity index (χ3n) is 3.60. The minimum atomic E-state index is -0.355. The lowest BCUT2D eigenvalue weighted by molar-refractivity contribution is 0.0846. The van der Waals surface area contributed by atoms with Crippen LogP contribution in [0.1, 0.15) is 49.9 Å². The number of fused-ring (bicyclic) bond motifs is 1. The molecule has 0 radical (unpaired) electrons. The zero-order chi connectivity index (χ0) is 14.7. The molecule has 1 aliphatic rings. The number of aryl methyl sites for hydroxylation is 2. The monoisotopic (exact) mass is 303 g/mol. The molecule has 21 heavy (non-hydrogen) atoms. The summed E-state index contributed by atoms with van der Waals surface area (Å²) in [5.41, 5.74) is 6.58. The van der Waals surface area contributed by atoms with Crippen molar-refractivity contribution in [3.05, 3.63) is 45.4 Å². The van der Waals surface area contributed by atoms with Crippen LogP contribution >= 0.6 is 11.3 Å². The summed E-state index contributed by atoms with van der Waals surface area (Å²) in [6.07, 6.45) is 7.41. The summed E-state index contributed by atoms with van der Waals surface area (Å²) in [6, 6.07) is 5.34. The largest absolute Gasteiger partial charge is 0.357 e. The van der Waals surface area contributed by atoms with Gasteiger partial charge in [-0.25, -0.2) is 0 Å². The number of rotatable bonds is 2. The van der Waals surface area contributed by atoms with E-state index in [9.17, 15) is 9.59 Å². The number of H-pyrrole nitrogens is 1. The molecule has 0 fully saturated rings. The van der Waals surface area contributed by atoms with E-state index in [4.69, 9.17) is 0 Å². The highest BCUT2D eigenvalue weighted by Crippen LogP contribution is 2.28. The maximum atomic E-state index is 12.1. The van der Waals surface area contributed by atoms with Crippen LogP contribution in [0.25, 0.3) is 0 Å². The standard InChI is InChI=1S/C15H17N3O2S/c19-14(11-6-4-8-16-11)17-18-15(20)13-9-10-5-2-1-3-7-12(10)21-13/h4,6,8-9,16H,1-3,5,7H2,(H,17,19)(H,18,20). The van der Waals surface area contributed by atoms with Gasteiger partial charge in [-0.15, -0.1) is 11.3 Å². The van der Waals surface area contributed by atoms with E-state index in [0.29, 0.717) is 10.6 Å². The van der Waals surface area contributed by atoms with Gasteiger partial charge >= 0.3 is 0 Å². The second-order valence-electron chi connectivity index (χ2n) is 5.11. The van der Waals surface area contributed by atoms with Gasteiger partial charge in [0.25, 0.3) is 11.8 Å². The Morgan fingerprint density at radius 3 is 2.71 bits per heavy atom. The minimum absolute atomic E-state index is 0.257. The summed E-state index contributed by atoms with van der Waals surface area (Å²) in [5.74, 6) is -0.612. The topological polar surface area (TPSA) is 74.0 Å². The van der Waals surface area contributed by atoms with Gasteiger partial charge in [0.2, 0.25) is 0 Å². The quantitative estimate of drug-likeness (QED) is 0.589. The first kappa shape index (κ1) is 13.9. The lowest BCUT2D eigenvalue weighted by atomic mass is 10.1. The second kappa shape index (κ2) is 6.13. The van der Waals surface area contributed by atoms with E-state index in [0.717, 1.165) is 12.8 Å². The smallest absolute Gasteiger partial charge is 0.286 e. The van der Waals surface area contributed by atoms with Crippen molar-refractivity contribution in [2.45, 2.75) is 32.1 Å². The molecule has 3 rings (SSSR count). The maximum absolute atomic E-state index is 12.1. The number of hydrazine groups is 1. The van der Waals surface area contributed by atoms with Gasteiger partial charge in [0.15, 0.2) is 0 Å². The Bertz CT molecular complexity index is 622. The minimum Gasteiger partial charge on any atom is -0.357 e. The highest BCUT2D eigenvalue weighted by atomic mass is 32.1. The third kappa shape index (κ3) is 3.16. The molecule has 6 heteroatoms. The third-order valence-corrected chi connectivity index (χ3v) is 4.84. The number of hydrogen-bond acceptors (Lipinski definition) is 3. The summed E-state index contributed by atoms with van der Waals surface area (Å²) in [6.45, 7) is 0. The highest BCUT2D eigenvalue weighted by molar-refractivity contribution is 7.14. The molecular formula is C15H17N3O2S. The van der Waals surface area contributed by atoms with Crippen LogP contribution in [-0.2, 0) is 12.8 Å². The molecule has 2 aromatic heterocycles. The first-order valence-corrected chi connectivity index (χ1v) is 7.91. The molecule has 0 aromatic carbocycles. The van der Waals surface area contributed by atoms with Gasteiger partial charge in [-0.2, -0.15) is 0 Å². The van der Waals surface area contributed by atoms with Gasteiger partial charge in [-0.05, 0) is 49.4 Å². The Balaban J connectivity index is 1.62. The maximum Gasteiger partial charge on any atom is 0.286 e. The molecule has 0 unspecified atom stereocenters. The van der Waals surface area contributed by atoms with Crippen LogP contribution in [-0.4, -0.2) is 16.8 Å². The fourth-order valence-electron chi connectivity index (χ4n) is 2.49. The normalized spacial score (nSPS) is 14.1. The van der Waals surface area contributed by atoms with Crippen LogP contribution < -0.4 is 10.9 Å². The predicted octanol–water partition coefficient (Wildman–Crippen LogP) is 2.42. The van der Waals surface area contributed by atoms with Gasteiger partial charge in [0.05, 0.1) is 4.88 Å². The Morgan fingerprint density at radius 1 is 1.10 bits per heavy atom. The van der Waals surface area contributed by atoms with Crippen molar-refractivity contribution >= 4 is 23.2 Å². The van der Waals surface area contributed by atoms with E-state index in [2.05, 4.69) is 15.8 Å². The SMILES string of the molecule is O=C(NNC(=O)c1cc2c(s1)CCCCC2)c1ccc[nH]1. The van der Waals surface area contributed by atoms with E-state index < -0.39 is 0 Å². The van der Waals surface area contributed by atoms with E-state index in [1.54, 1.807) is 18.3 Å². The Morgan fingerprint density at radius 2 is 1.90 bits per heavy atom. The van der Waals surface area contributed by atoms with Gasteiger partial charge in [0.1, 0.15) is 5.69 Å². The first-order chi connectivity index (χ1) is 10.2. The lowest BCUT2D eigenvalue weighted by Crippen LogP contribution is -2.41. The first-order valence-electron chi connectivity index (χ1n) is 7.09. The molecular weight excluding hydrogens is 286 g/mol. The summed E-state index contributed by atoms with van der Waals surface area (Å²) in [5, 5.41) is 0. The molecule has 2 aromatic rings. The van der Waals surface area contributed by atoms with Crippen molar-refractivity contribution < 1.29 is 9.59 Å². The summed E-state index contributed by atoms with van der Waals surface area (Å²) in [7, 11) is 0. The van der Waals surface area contributed by atoms with Crippen molar-refractivity contribution in [1.29, 1.82) is 0 Å². The lowest BCUT2D eigenvalue weighted by Gasteiger charge is -2.04. The summed E-state index contributed by atoms with van der Waals surface area (Å²) < 4.78 is 0. The summed E-state index contributed by atoms with van der Waals surface area (Å²) in [4.78, 5) is 28.6. The van der Waals surface area contributed by atoms with Crippen molar-refractivity contribution in [3.8, 4) is 0 Å².